The van der Waals surface area contributed by atoms with E-state index in [-0.39, 0.29) is 6.09 Å². The molecule has 3 heteroatoms. The van der Waals surface area contributed by atoms with Gasteiger partial charge in [-0.3, -0.25) is 0 Å². The van der Waals surface area contributed by atoms with E-state index in [1.54, 1.807) is 0 Å². The van der Waals surface area contributed by atoms with E-state index < -0.39 is 5.60 Å². The van der Waals surface area contributed by atoms with E-state index in [0.717, 1.165) is 18.8 Å². The maximum Gasteiger partial charge on any atom is 0.407 e. The van der Waals surface area contributed by atoms with Gasteiger partial charge in [-0.15, -0.1) is 0 Å². The van der Waals surface area contributed by atoms with Crippen molar-refractivity contribution in [2.75, 3.05) is 0 Å². The lowest BCUT2D eigenvalue weighted by molar-refractivity contribution is 0.0504. The Hall–Kier alpha value is -0.730. The topological polar surface area (TPSA) is 38.3 Å². The largest absolute Gasteiger partial charge is 0.444 e. The van der Waals surface area contributed by atoms with Crippen molar-refractivity contribution in [1.29, 1.82) is 0 Å². The van der Waals surface area contributed by atoms with Crippen molar-refractivity contribution < 1.29 is 9.53 Å². The zero-order valence-corrected chi connectivity index (χ0v) is 11.2. The molecule has 1 saturated carbocycles. The molecule has 94 valence electrons. The Bertz CT molecular complexity index is 243. The van der Waals surface area contributed by atoms with E-state index in [9.17, 15) is 4.79 Å². The summed E-state index contributed by atoms with van der Waals surface area (Å²) in [5.41, 5.74) is -0.403. The summed E-state index contributed by atoms with van der Waals surface area (Å²) in [6.07, 6.45) is 3.12. The van der Waals surface area contributed by atoms with Crippen molar-refractivity contribution in [1.82, 2.24) is 5.32 Å². The highest BCUT2D eigenvalue weighted by molar-refractivity contribution is 5.68. The van der Waals surface area contributed by atoms with Crippen LogP contribution in [0.3, 0.4) is 0 Å². The lowest BCUT2D eigenvalue weighted by atomic mass is 9.94. The lowest BCUT2D eigenvalue weighted by Gasteiger charge is -2.22. The van der Waals surface area contributed by atoms with Crippen LogP contribution in [0.15, 0.2) is 0 Å². The zero-order chi connectivity index (χ0) is 12.3. The molecular formula is C13H25NO2. The van der Waals surface area contributed by atoms with Gasteiger partial charge in [0.2, 0.25) is 0 Å². The smallest absolute Gasteiger partial charge is 0.407 e. The van der Waals surface area contributed by atoms with Gasteiger partial charge in [-0.05, 0) is 51.9 Å². The maximum absolute atomic E-state index is 11.6. The van der Waals surface area contributed by atoms with Crippen molar-refractivity contribution in [3.05, 3.63) is 0 Å². The number of carbonyl (C=O) groups excluding carboxylic acids is 1. The number of ether oxygens (including phenoxy) is 1. The molecule has 0 aromatic rings. The molecule has 2 unspecified atom stereocenters. The molecular weight excluding hydrogens is 202 g/mol. The van der Waals surface area contributed by atoms with Gasteiger partial charge in [0.15, 0.2) is 0 Å². The molecule has 0 aliphatic heterocycles. The van der Waals surface area contributed by atoms with Gasteiger partial charge in [0.05, 0.1) is 0 Å². The first-order valence-corrected chi connectivity index (χ1v) is 6.27. The zero-order valence-electron chi connectivity index (χ0n) is 11.2. The second-order valence-corrected chi connectivity index (χ2v) is 6.16. The van der Waals surface area contributed by atoms with Gasteiger partial charge < -0.3 is 10.1 Å². The number of hydrogen-bond acceptors (Lipinski definition) is 2. The Morgan fingerprint density at radius 2 is 1.94 bits per heavy atom. The maximum atomic E-state index is 11.6. The summed E-state index contributed by atoms with van der Waals surface area (Å²) < 4.78 is 5.25. The molecule has 0 saturated heterocycles. The summed E-state index contributed by atoms with van der Waals surface area (Å²) in [5.74, 6) is 1.46. The monoisotopic (exact) mass is 227 g/mol. The molecule has 0 radical (unpaired) electrons. The average molecular weight is 227 g/mol. The number of rotatable bonds is 2. The van der Waals surface area contributed by atoms with Gasteiger partial charge in [0, 0.05) is 6.04 Å². The Balaban J connectivity index is 2.32. The van der Waals surface area contributed by atoms with E-state index in [4.69, 9.17) is 4.74 Å². The highest BCUT2D eigenvalue weighted by atomic mass is 16.6. The normalized spacial score (nSPS) is 25.9. The fourth-order valence-corrected chi connectivity index (χ4v) is 2.23. The number of amides is 1. The van der Waals surface area contributed by atoms with Gasteiger partial charge in [0.25, 0.3) is 0 Å². The molecule has 1 aliphatic carbocycles. The molecule has 0 aromatic carbocycles. The number of alkyl carbamates (subject to hydrolysis) is 1. The van der Waals surface area contributed by atoms with Crippen LogP contribution in [0, 0.1) is 11.8 Å². The third-order valence-corrected chi connectivity index (χ3v) is 3.14. The average Bonchev–Trinajstić information content (AvgIpc) is 2.48. The van der Waals surface area contributed by atoms with Crippen LogP contribution in [0.4, 0.5) is 4.79 Å². The van der Waals surface area contributed by atoms with Crippen molar-refractivity contribution in [3.63, 3.8) is 0 Å². The quantitative estimate of drug-likeness (QED) is 0.785. The first-order valence-electron chi connectivity index (χ1n) is 6.27. The van der Waals surface area contributed by atoms with Crippen LogP contribution in [-0.4, -0.2) is 17.7 Å². The SMILES string of the molecule is CC(C)C1CCC(NC(=O)OC(C)(C)C)C1. The minimum atomic E-state index is -0.403. The lowest BCUT2D eigenvalue weighted by Crippen LogP contribution is -2.38. The van der Waals surface area contributed by atoms with E-state index >= 15 is 0 Å². The predicted octanol–water partition coefficient (Wildman–Crippen LogP) is 3.34. The molecule has 1 rings (SSSR count). The van der Waals surface area contributed by atoms with Gasteiger partial charge in [-0.1, -0.05) is 13.8 Å². The summed E-state index contributed by atoms with van der Waals surface area (Å²) in [6, 6.07) is 0.308. The van der Waals surface area contributed by atoms with Crippen LogP contribution in [0.5, 0.6) is 0 Å². The Labute approximate surface area is 98.9 Å². The van der Waals surface area contributed by atoms with E-state index in [1.807, 2.05) is 20.8 Å². The number of hydrogen-bond donors (Lipinski definition) is 1. The first-order chi connectivity index (χ1) is 7.28. The van der Waals surface area contributed by atoms with Crippen LogP contribution >= 0.6 is 0 Å². The summed E-state index contributed by atoms with van der Waals surface area (Å²) in [4.78, 5) is 11.6. The summed E-state index contributed by atoms with van der Waals surface area (Å²) in [7, 11) is 0. The van der Waals surface area contributed by atoms with Crippen LogP contribution in [0.25, 0.3) is 0 Å². The second-order valence-electron chi connectivity index (χ2n) is 6.16. The molecule has 2 atom stereocenters. The Kier molecular flexibility index (Phi) is 4.22. The van der Waals surface area contributed by atoms with Gasteiger partial charge in [0.1, 0.15) is 5.60 Å². The Morgan fingerprint density at radius 1 is 1.31 bits per heavy atom. The molecule has 1 aliphatic rings. The van der Waals surface area contributed by atoms with E-state index in [0.29, 0.717) is 12.0 Å². The van der Waals surface area contributed by atoms with Crippen LogP contribution in [-0.2, 0) is 4.74 Å². The molecule has 1 N–H and O–H groups in total. The van der Waals surface area contributed by atoms with Gasteiger partial charge >= 0.3 is 6.09 Å². The van der Waals surface area contributed by atoms with E-state index in [2.05, 4.69) is 19.2 Å². The van der Waals surface area contributed by atoms with E-state index in [1.165, 1.54) is 6.42 Å². The molecule has 1 amide bonds. The molecule has 0 heterocycles. The minimum Gasteiger partial charge on any atom is -0.444 e. The Morgan fingerprint density at radius 3 is 2.38 bits per heavy atom. The first kappa shape index (κ1) is 13.3. The van der Waals surface area contributed by atoms with Crippen LogP contribution in [0.1, 0.15) is 53.9 Å². The third-order valence-electron chi connectivity index (χ3n) is 3.14. The fraction of sp³-hybridized carbons (Fsp3) is 0.923. The van der Waals surface area contributed by atoms with Crippen LogP contribution < -0.4 is 5.32 Å². The van der Waals surface area contributed by atoms with Crippen molar-refractivity contribution >= 4 is 6.09 Å². The number of carbonyl (C=O) groups is 1. The molecule has 0 bridgehead atoms. The second kappa shape index (κ2) is 5.07. The molecule has 0 aromatic heterocycles. The molecule has 3 nitrogen and oxygen atoms in total. The van der Waals surface area contributed by atoms with Gasteiger partial charge in [-0.2, -0.15) is 0 Å². The summed E-state index contributed by atoms with van der Waals surface area (Å²) >= 11 is 0. The van der Waals surface area contributed by atoms with Crippen molar-refractivity contribution in [3.8, 4) is 0 Å². The van der Waals surface area contributed by atoms with Gasteiger partial charge in [-0.25, -0.2) is 4.79 Å². The number of nitrogens with one attached hydrogen (secondary N) is 1. The third kappa shape index (κ3) is 4.42. The van der Waals surface area contributed by atoms with Crippen molar-refractivity contribution in [2.24, 2.45) is 11.8 Å². The summed E-state index contributed by atoms with van der Waals surface area (Å²) in [5, 5.41) is 2.96. The molecule has 1 fully saturated rings. The minimum absolute atomic E-state index is 0.276. The highest BCUT2D eigenvalue weighted by Crippen LogP contribution is 2.31. The predicted molar refractivity (Wildman–Crippen MR) is 65.3 cm³/mol. The van der Waals surface area contributed by atoms with Crippen LogP contribution in [0.2, 0.25) is 0 Å². The van der Waals surface area contributed by atoms with Crippen molar-refractivity contribution in [2.45, 2.75) is 65.5 Å². The molecule has 16 heavy (non-hydrogen) atoms. The standard InChI is InChI=1S/C13H25NO2/c1-9(2)10-6-7-11(8-10)14-12(15)16-13(3,4)5/h9-11H,6-8H2,1-5H3,(H,14,15). The molecule has 0 spiro atoms. The highest BCUT2D eigenvalue weighted by Gasteiger charge is 2.28. The summed E-state index contributed by atoms with van der Waals surface area (Å²) in [6.45, 7) is 10.2. The fourth-order valence-electron chi connectivity index (χ4n) is 2.23.